The molecule has 0 spiro atoms. The topological polar surface area (TPSA) is 44.8 Å². The maximum absolute atomic E-state index is 13.4. The molecule has 0 bridgehead atoms. The zero-order valence-electron chi connectivity index (χ0n) is 14.4. The van der Waals surface area contributed by atoms with Crippen molar-refractivity contribution < 1.29 is 18.1 Å². The smallest absolute Gasteiger partial charge is 0.395 e. The molecule has 0 unspecified atom stereocenters. The quantitative estimate of drug-likeness (QED) is 0.561. The molecule has 1 aliphatic carbocycles. The van der Waals surface area contributed by atoms with Gasteiger partial charge in [-0.1, -0.05) is 68.5 Å². The van der Waals surface area contributed by atoms with Gasteiger partial charge in [0, 0.05) is 0 Å². The van der Waals surface area contributed by atoms with Crippen molar-refractivity contribution in [1.29, 1.82) is 0 Å². The van der Waals surface area contributed by atoms with Gasteiger partial charge in [-0.25, -0.2) is 4.57 Å². The van der Waals surface area contributed by atoms with Crippen molar-refractivity contribution in [3.05, 3.63) is 60.7 Å². The lowest BCUT2D eigenvalue weighted by Gasteiger charge is -2.25. The maximum atomic E-state index is 13.4. The fourth-order valence-corrected chi connectivity index (χ4v) is 4.45. The number of phosphoric acid groups is 1. The zero-order valence-corrected chi connectivity index (χ0v) is 15.3. The molecule has 0 heterocycles. The van der Waals surface area contributed by atoms with Gasteiger partial charge in [-0.3, -0.25) is 4.52 Å². The molecule has 0 N–H and O–H groups in total. The van der Waals surface area contributed by atoms with Crippen LogP contribution in [0.15, 0.2) is 60.7 Å². The molecule has 1 aliphatic rings. The van der Waals surface area contributed by atoms with E-state index >= 15 is 0 Å². The summed E-state index contributed by atoms with van der Waals surface area (Å²) in [5.41, 5.74) is 0. The number of benzene rings is 2. The Kier molecular flexibility index (Phi) is 6.55. The highest BCUT2D eigenvalue weighted by molar-refractivity contribution is 7.49. The van der Waals surface area contributed by atoms with Gasteiger partial charge in [-0.05, 0) is 37.1 Å². The average molecular weight is 360 g/mol. The molecule has 2 aromatic rings. The highest BCUT2D eigenvalue weighted by Gasteiger charge is 2.34. The third-order valence-electron chi connectivity index (χ3n) is 4.25. The lowest BCUT2D eigenvalue weighted by molar-refractivity contribution is 0.120. The first kappa shape index (κ1) is 18.0. The van der Waals surface area contributed by atoms with Crippen LogP contribution in [0.2, 0.25) is 0 Å². The van der Waals surface area contributed by atoms with Crippen molar-refractivity contribution in [2.24, 2.45) is 0 Å². The predicted molar refractivity (Wildman–Crippen MR) is 98.9 cm³/mol. The summed E-state index contributed by atoms with van der Waals surface area (Å²) in [6, 6.07) is 18.1. The average Bonchev–Trinajstić information content (AvgIpc) is 2.59. The van der Waals surface area contributed by atoms with Crippen LogP contribution < -0.4 is 9.05 Å². The van der Waals surface area contributed by atoms with Gasteiger partial charge < -0.3 is 9.05 Å². The third kappa shape index (κ3) is 5.91. The minimum atomic E-state index is -3.77. The van der Waals surface area contributed by atoms with Gasteiger partial charge >= 0.3 is 7.82 Å². The number of hydrogen-bond donors (Lipinski definition) is 0. The van der Waals surface area contributed by atoms with E-state index in [1.54, 1.807) is 24.3 Å². The molecule has 0 atom stereocenters. The molecule has 1 fully saturated rings. The SMILES string of the molecule is O=P(Oc1ccccc1)(Oc1ccccc1)OC1CCCCCCC1. The van der Waals surface area contributed by atoms with E-state index in [0.717, 1.165) is 25.7 Å². The Morgan fingerprint density at radius 1 is 0.680 bits per heavy atom. The van der Waals surface area contributed by atoms with Gasteiger partial charge in [-0.2, -0.15) is 0 Å². The minimum absolute atomic E-state index is 0.0986. The van der Waals surface area contributed by atoms with E-state index in [9.17, 15) is 4.57 Å². The van der Waals surface area contributed by atoms with Gasteiger partial charge in [0.2, 0.25) is 0 Å². The molecule has 25 heavy (non-hydrogen) atoms. The van der Waals surface area contributed by atoms with Crippen LogP contribution in [0, 0.1) is 0 Å². The van der Waals surface area contributed by atoms with E-state index in [1.807, 2.05) is 36.4 Å². The summed E-state index contributed by atoms with van der Waals surface area (Å²) < 4.78 is 30.7. The number of rotatable bonds is 6. The van der Waals surface area contributed by atoms with Crippen LogP contribution in [0.4, 0.5) is 0 Å². The van der Waals surface area contributed by atoms with Crippen LogP contribution in [0.25, 0.3) is 0 Å². The molecule has 4 nitrogen and oxygen atoms in total. The summed E-state index contributed by atoms with van der Waals surface area (Å²) in [5.74, 6) is 0.959. The summed E-state index contributed by atoms with van der Waals surface area (Å²) in [6.45, 7) is 0. The molecular weight excluding hydrogens is 335 g/mol. The fraction of sp³-hybridized carbons (Fsp3) is 0.400. The first-order valence-electron chi connectivity index (χ1n) is 9.01. The van der Waals surface area contributed by atoms with Crippen molar-refractivity contribution in [1.82, 2.24) is 0 Å². The molecule has 3 rings (SSSR count). The lowest BCUT2D eigenvalue weighted by atomic mass is 9.99. The molecule has 134 valence electrons. The highest BCUT2D eigenvalue weighted by atomic mass is 31.2. The van der Waals surface area contributed by atoms with Crippen molar-refractivity contribution in [3.63, 3.8) is 0 Å². The van der Waals surface area contributed by atoms with E-state index in [1.165, 1.54) is 19.3 Å². The Hall–Kier alpha value is -1.77. The van der Waals surface area contributed by atoms with E-state index in [0.29, 0.717) is 11.5 Å². The van der Waals surface area contributed by atoms with Gasteiger partial charge in [0.15, 0.2) is 0 Å². The molecule has 1 saturated carbocycles. The van der Waals surface area contributed by atoms with Crippen LogP contribution in [0.5, 0.6) is 11.5 Å². The monoisotopic (exact) mass is 360 g/mol. The van der Waals surface area contributed by atoms with E-state index in [4.69, 9.17) is 13.6 Å². The second-order valence-corrected chi connectivity index (χ2v) is 7.80. The fourth-order valence-electron chi connectivity index (χ4n) is 2.99. The minimum Gasteiger partial charge on any atom is -0.395 e. The Balaban J connectivity index is 1.76. The Labute approximate surface area is 149 Å². The van der Waals surface area contributed by atoms with Gasteiger partial charge in [0.25, 0.3) is 0 Å². The summed E-state index contributed by atoms with van der Waals surface area (Å²) in [4.78, 5) is 0. The van der Waals surface area contributed by atoms with Crippen LogP contribution in [-0.4, -0.2) is 6.10 Å². The normalized spacial score (nSPS) is 16.6. The molecule has 0 radical (unpaired) electrons. The summed E-state index contributed by atoms with van der Waals surface area (Å²) in [7, 11) is -3.77. The van der Waals surface area contributed by atoms with Crippen molar-refractivity contribution >= 4 is 7.82 Å². The van der Waals surface area contributed by atoms with Crippen LogP contribution >= 0.6 is 7.82 Å². The highest BCUT2D eigenvalue weighted by Crippen LogP contribution is 2.51. The number of phosphoric ester groups is 1. The summed E-state index contributed by atoms with van der Waals surface area (Å²) >= 11 is 0. The van der Waals surface area contributed by atoms with Crippen molar-refractivity contribution in [2.45, 2.75) is 51.0 Å². The van der Waals surface area contributed by atoms with Crippen molar-refractivity contribution in [2.75, 3.05) is 0 Å². The largest absolute Gasteiger partial charge is 0.587 e. The first-order valence-corrected chi connectivity index (χ1v) is 10.5. The molecule has 0 amide bonds. The molecule has 5 heteroatoms. The zero-order chi connectivity index (χ0) is 17.4. The second kappa shape index (κ2) is 9.07. The number of hydrogen-bond acceptors (Lipinski definition) is 4. The van der Waals surface area contributed by atoms with Gasteiger partial charge in [-0.15, -0.1) is 0 Å². The van der Waals surface area contributed by atoms with Gasteiger partial charge in [0.05, 0.1) is 6.10 Å². The van der Waals surface area contributed by atoms with E-state index in [2.05, 4.69) is 0 Å². The maximum Gasteiger partial charge on any atom is 0.587 e. The lowest BCUT2D eigenvalue weighted by Crippen LogP contribution is -2.17. The Morgan fingerprint density at radius 3 is 1.60 bits per heavy atom. The third-order valence-corrected chi connectivity index (χ3v) is 5.68. The summed E-state index contributed by atoms with van der Waals surface area (Å²) in [5, 5.41) is 0. The molecule has 0 saturated heterocycles. The molecular formula is C20H25O4P. The van der Waals surface area contributed by atoms with Gasteiger partial charge in [0.1, 0.15) is 11.5 Å². The first-order chi connectivity index (χ1) is 12.2. The van der Waals surface area contributed by atoms with Crippen LogP contribution in [0.1, 0.15) is 44.9 Å². The Bertz CT molecular complexity index is 621. The van der Waals surface area contributed by atoms with Crippen LogP contribution in [0.3, 0.4) is 0 Å². The molecule has 0 aliphatic heterocycles. The van der Waals surface area contributed by atoms with E-state index in [-0.39, 0.29) is 6.10 Å². The predicted octanol–water partition coefficient (Wildman–Crippen LogP) is 6.38. The second-order valence-electron chi connectivity index (χ2n) is 6.33. The number of para-hydroxylation sites is 2. The standard InChI is InChI=1S/C20H25O4P/c21-25(23-19-14-8-4-9-15-19,24-20-16-10-5-11-17-20)22-18-12-6-2-1-3-7-13-18/h4-5,8-11,14-18H,1-3,6-7,12-13H2. The van der Waals surface area contributed by atoms with E-state index < -0.39 is 7.82 Å². The van der Waals surface area contributed by atoms with Crippen LogP contribution in [-0.2, 0) is 9.09 Å². The summed E-state index contributed by atoms with van der Waals surface area (Å²) in [6.07, 6.45) is 7.51. The molecule has 2 aromatic carbocycles. The Morgan fingerprint density at radius 2 is 1.12 bits per heavy atom. The molecule has 0 aromatic heterocycles. The van der Waals surface area contributed by atoms with Crippen molar-refractivity contribution in [3.8, 4) is 11.5 Å².